The molecule has 0 aliphatic carbocycles. The van der Waals surface area contributed by atoms with Crippen LogP contribution in [0.4, 0.5) is 0 Å². The first-order valence-corrected chi connectivity index (χ1v) is 6.67. The first kappa shape index (κ1) is 15.2. The summed E-state index contributed by atoms with van der Waals surface area (Å²) in [5.41, 5.74) is 2.12. The summed E-state index contributed by atoms with van der Waals surface area (Å²) in [5.74, 6) is 2.37. The van der Waals surface area contributed by atoms with E-state index in [1.807, 2.05) is 42.5 Å². The monoisotopic (exact) mass is 288 g/mol. The molecule has 4 nitrogen and oxygen atoms in total. The molecule has 0 fully saturated rings. The summed E-state index contributed by atoms with van der Waals surface area (Å²) in [6, 6.07) is 13.6. The molecule has 2 rings (SSSR count). The van der Waals surface area contributed by atoms with E-state index in [0.717, 1.165) is 28.4 Å². The van der Waals surface area contributed by atoms with Crippen molar-refractivity contribution in [2.45, 2.75) is 13.2 Å². The van der Waals surface area contributed by atoms with Crippen molar-refractivity contribution in [2.24, 2.45) is 0 Å². The molecular weight excluding hydrogens is 268 g/mol. The van der Waals surface area contributed by atoms with E-state index in [0.29, 0.717) is 13.2 Å². The molecule has 112 valence electrons. The average Bonchev–Trinajstić information content (AvgIpc) is 2.55. The molecule has 2 aromatic carbocycles. The zero-order valence-electron chi connectivity index (χ0n) is 12.6. The fourth-order valence-corrected chi connectivity index (χ4v) is 1.96. The van der Waals surface area contributed by atoms with Crippen LogP contribution in [0.25, 0.3) is 0 Å². The maximum atomic E-state index is 5.73. The summed E-state index contributed by atoms with van der Waals surface area (Å²) in [5, 5.41) is 0. The Morgan fingerprint density at radius 3 is 1.67 bits per heavy atom. The standard InChI is InChI=1S/C17H20O4/c1-18-15-6-4-13(5-7-15)11-21-12-14-8-16(19-2)10-17(9-14)20-3/h4-10H,11-12H2,1-3H3. The van der Waals surface area contributed by atoms with E-state index in [2.05, 4.69) is 0 Å². The fourth-order valence-electron chi connectivity index (χ4n) is 1.96. The van der Waals surface area contributed by atoms with Crippen molar-refractivity contribution in [1.29, 1.82) is 0 Å². The molecule has 0 saturated heterocycles. The second-order valence-electron chi connectivity index (χ2n) is 4.56. The molecule has 0 amide bonds. The van der Waals surface area contributed by atoms with Crippen molar-refractivity contribution < 1.29 is 18.9 Å². The van der Waals surface area contributed by atoms with E-state index in [1.165, 1.54) is 0 Å². The fraction of sp³-hybridized carbons (Fsp3) is 0.294. The van der Waals surface area contributed by atoms with Gasteiger partial charge in [-0.15, -0.1) is 0 Å². The van der Waals surface area contributed by atoms with Gasteiger partial charge < -0.3 is 18.9 Å². The van der Waals surface area contributed by atoms with Gasteiger partial charge in [0.15, 0.2) is 0 Å². The van der Waals surface area contributed by atoms with Crippen LogP contribution in [0, 0.1) is 0 Å². The Labute approximate surface area is 125 Å². The first-order valence-electron chi connectivity index (χ1n) is 6.67. The zero-order valence-corrected chi connectivity index (χ0v) is 12.6. The Balaban J connectivity index is 1.93. The summed E-state index contributed by atoms with van der Waals surface area (Å²) in [4.78, 5) is 0. The number of benzene rings is 2. The molecule has 4 heteroatoms. The summed E-state index contributed by atoms with van der Waals surface area (Å²) >= 11 is 0. The molecule has 0 heterocycles. The largest absolute Gasteiger partial charge is 0.497 e. The summed E-state index contributed by atoms with van der Waals surface area (Å²) in [6.07, 6.45) is 0. The van der Waals surface area contributed by atoms with E-state index in [4.69, 9.17) is 18.9 Å². The van der Waals surface area contributed by atoms with Crippen molar-refractivity contribution in [3.05, 3.63) is 53.6 Å². The van der Waals surface area contributed by atoms with Crippen molar-refractivity contribution in [2.75, 3.05) is 21.3 Å². The Bertz CT molecular complexity index is 541. The van der Waals surface area contributed by atoms with Gasteiger partial charge in [-0.1, -0.05) is 12.1 Å². The smallest absolute Gasteiger partial charge is 0.122 e. The SMILES string of the molecule is COc1ccc(COCc2cc(OC)cc(OC)c2)cc1. The van der Waals surface area contributed by atoms with E-state index in [-0.39, 0.29) is 0 Å². The molecular formula is C17H20O4. The van der Waals surface area contributed by atoms with Crippen molar-refractivity contribution in [3.63, 3.8) is 0 Å². The zero-order chi connectivity index (χ0) is 15.1. The highest BCUT2D eigenvalue weighted by Gasteiger charge is 2.02. The maximum Gasteiger partial charge on any atom is 0.122 e. The molecule has 0 radical (unpaired) electrons. The minimum absolute atomic E-state index is 0.500. The van der Waals surface area contributed by atoms with Crippen LogP contribution in [0.15, 0.2) is 42.5 Å². The lowest BCUT2D eigenvalue weighted by molar-refractivity contribution is 0.107. The van der Waals surface area contributed by atoms with Crippen LogP contribution in [0.3, 0.4) is 0 Å². The van der Waals surface area contributed by atoms with Gasteiger partial charge in [0.25, 0.3) is 0 Å². The van der Waals surface area contributed by atoms with Crippen molar-refractivity contribution >= 4 is 0 Å². The molecule has 21 heavy (non-hydrogen) atoms. The van der Waals surface area contributed by atoms with E-state index in [9.17, 15) is 0 Å². The number of ether oxygens (including phenoxy) is 4. The van der Waals surface area contributed by atoms with E-state index < -0.39 is 0 Å². The van der Waals surface area contributed by atoms with Gasteiger partial charge in [0.1, 0.15) is 17.2 Å². The molecule has 2 aromatic rings. The Morgan fingerprint density at radius 1 is 0.619 bits per heavy atom. The quantitative estimate of drug-likeness (QED) is 0.782. The third-order valence-electron chi connectivity index (χ3n) is 3.11. The molecule has 0 aromatic heterocycles. The lowest BCUT2D eigenvalue weighted by Gasteiger charge is -2.09. The molecule has 0 saturated carbocycles. The Morgan fingerprint density at radius 2 is 1.14 bits per heavy atom. The number of hydrogen-bond donors (Lipinski definition) is 0. The van der Waals surface area contributed by atoms with E-state index in [1.54, 1.807) is 21.3 Å². The Kier molecular flexibility index (Phi) is 5.46. The van der Waals surface area contributed by atoms with Gasteiger partial charge in [-0.25, -0.2) is 0 Å². The molecule has 0 N–H and O–H groups in total. The lowest BCUT2D eigenvalue weighted by atomic mass is 10.2. The predicted molar refractivity (Wildman–Crippen MR) is 81.0 cm³/mol. The number of rotatable bonds is 7. The van der Waals surface area contributed by atoms with Crippen LogP contribution in [0.1, 0.15) is 11.1 Å². The van der Waals surface area contributed by atoms with Crippen LogP contribution in [-0.2, 0) is 18.0 Å². The van der Waals surface area contributed by atoms with Crippen molar-refractivity contribution in [3.8, 4) is 17.2 Å². The second-order valence-corrected chi connectivity index (χ2v) is 4.56. The highest BCUT2D eigenvalue weighted by atomic mass is 16.5. The average molecular weight is 288 g/mol. The number of methoxy groups -OCH3 is 3. The second kappa shape index (κ2) is 7.55. The van der Waals surface area contributed by atoms with Crippen LogP contribution < -0.4 is 14.2 Å². The highest BCUT2D eigenvalue weighted by Crippen LogP contribution is 2.23. The molecule has 0 bridgehead atoms. The molecule has 0 aliphatic rings. The molecule has 0 atom stereocenters. The molecule has 0 unspecified atom stereocenters. The minimum atomic E-state index is 0.500. The van der Waals surface area contributed by atoms with Gasteiger partial charge in [0.2, 0.25) is 0 Å². The van der Waals surface area contributed by atoms with Gasteiger partial charge in [-0.3, -0.25) is 0 Å². The topological polar surface area (TPSA) is 36.9 Å². The van der Waals surface area contributed by atoms with Crippen LogP contribution in [-0.4, -0.2) is 21.3 Å². The van der Waals surface area contributed by atoms with E-state index >= 15 is 0 Å². The highest BCUT2D eigenvalue weighted by molar-refractivity contribution is 5.38. The van der Waals surface area contributed by atoms with Gasteiger partial charge in [-0.05, 0) is 35.4 Å². The lowest BCUT2D eigenvalue weighted by Crippen LogP contribution is -1.96. The normalized spacial score (nSPS) is 10.2. The first-order chi connectivity index (χ1) is 10.2. The number of hydrogen-bond acceptors (Lipinski definition) is 4. The van der Waals surface area contributed by atoms with Crippen LogP contribution in [0.5, 0.6) is 17.2 Å². The van der Waals surface area contributed by atoms with Crippen LogP contribution in [0.2, 0.25) is 0 Å². The van der Waals surface area contributed by atoms with Gasteiger partial charge in [-0.2, -0.15) is 0 Å². The minimum Gasteiger partial charge on any atom is -0.497 e. The predicted octanol–water partition coefficient (Wildman–Crippen LogP) is 3.43. The summed E-state index contributed by atoms with van der Waals surface area (Å²) < 4.78 is 21.3. The maximum absolute atomic E-state index is 5.73. The third kappa shape index (κ3) is 4.39. The van der Waals surface area contributed by atoms with Gasteiger partial charge >= 0.3 is 0 Å². The Hall–Kier alpha value is -2.20. The van der Waals surface area contributed by atoms with Gasteiger partial charge in [0, 0.05) is 6.07 Å². The van der Waals surface area contributed by atoms with Gasteiger partial charge in [0.05, 0.1) is 34.5 Å². The molecule has 0 spiro atoms. The summed E-state index contributed by atoms with van der Waals surface area (Å²) in [6.45, 7) is 1.04. The third-order valence-corrected chi connectivity index (χ3v) is 3.11. The van der Waals surface area contributed by atoms with Crippen molar-refractivity contribution in [1.82, 2.24) is 0 Å². The summed E-state index contributed by atoms with van der Waals surface area (Å²) in [7, 11) is 4.93. The molecule has 0 aliphatic heterocycles. The van der Waals surface area contributed by atoms with Crippen LogP contribution >= 0.6 is 0 Å².